The molecule has 0 bridgehead atoms. The largest absolute Gasteiger partial charge is 0.496 e. The number of aromatic nitrogens is 1. The number of benzene rings is 3. The molecule has 0 spiro atoms. The number of carbonyl (C=O) groups is 2. The van der Waals surface area contributed by atoms with Gasteiger partial charge in [-0.3, -0.25) is 10.1 Å². The van der Waals surface area contributed by atoms with E-state index in [1.807, 2.05) is 36.0 Å². The molecular formula is C38H41N3O6S. The number of aryl methyl sites for hydroxylation is 1. The van der Waals surface area contributed by atoms with Crippen LogP contribution in [0.3, 0.4) is 0 Å². The fourth-order valence-corrected chi connectivity index (χ4v) is 7.84. The monoisotopic (exact) mass is 667 g/mol. The number of nitrogens with zero attached hydrogens (tertiary/aromatic N) is 1. The average molecular weight is 668 g/mol. The van der Waals surface area contributed by atoms with Gasteiger partial charge in [-0.2, -0.15) is 0 Å². The molecule has 48 heavy (non-hydrogen) atoms. The first-order valence-electron chi connectivity index (χ1n) is 16.6. The first-order chi connectivity index (χ1) is 23.2. The summed E-state index contributed by atoms with van der Waals surface area (Å²) in [5.41, 5.74) is 3.95. The number of hydrogen-bond acceptors (Lipinski definition) is 6. The normalized spacial score (nSPS) is 15.5. The Labute approximate surface area is 282 Å². The Morgan fingerprint density at radius 3 is 2.44 bits per heavy atom. The number of fused-ring (bicyclic) bond motifs is 1. The standard InChI is InChI=1S/C38H41N3O6S/c1-41-25-30(33-24-31(20-21-34(33)41)39-38(43)47-32-13-7-8-14-32)22-28-18-19-29(23-35(28)46-2)37(42)40-48(44,45)36-15-9-6-12-27(36)17-16-26-10-4-3-5-11-26/h6,9,12,15,18-21,23-26,32H,3-5,7-8,10-11,13-14,22H2,1-2H3,(H,39,43)(H,40,42). The van der Waals surface area contributed by atoms with Gasteiger partial charge in [0, 0.05) is 53.3 Å². The van der Waals surface area contributed by atoms with Gasteiger partial charge in [0.25, 0.3) is 15.9 Å². The molecule has 250 valence electrons. The molecule has 1 aromatic heterocycles. The lowest BCUT2D eigenvalue weighted by Crippen LogP contribution is -2.31. The predicted molar refractivity (Wildman–Crippen MR) is 186 cm³/mol. The van der Waals surface area contributed by atoms with Gasteiger partial charge in [-0.05, 0) is 92.1 Å². The molecular weight excluding hydrogens is 627 g/mol. The van der Waals surface area contributed by atoms with Crippen LogP contribution >= 0.6 is 0 Å². The van der Waals surface area contributed by atoms with E-state index in [-0.39, 0.29) is 22.5 Å². The zero-order valence-electron chi connectivity index (χ0n) is 27.4. The SMILES string of the molecule is COc1cc(C(=O)NS(=O)(=O)c2ccccc2C#CC2CCCCC2)ccc1Cc1cn(C)c2ccc(NC(=O)OC3CCCC3)cc12. The fourth-order valence-electron chi connectivity index (χ4n) is 6.70. The Kier molecular flexibility index (Phi) is 10.1. The van der Waals surface area contributed by atoms with Crippen molar-refractivity contribution < 1.29 is 27.5 Å². The van der Waals surface area contributed by atoms with Crippen LogP contribution in [0.15, 0.2) is 71.8 Å². The van der Waals surface area contributed by atoms with Crippen molar-refractivity contribution in [1.82, 2.24) is 9.29 Å². The summed E-state index contributed by atoms with van der Waals surface area (Å²) in [5.74, 6) is 6.25. The number of amides is 2. The maximum atomic E-state index is 13.4. The average Bonchev–Trinajstić information content (AvgIpc) is 3.71. The minimum Gasteiger partial charge on any atom is -0.496 e. The molecule has 3 aromatic carbocycles. The maximum Gasteiger partial charge on any atom is 0.411 e. The van der Waals surface area contributed by atoms with Gasteiger partial charge in [0.05, 0.1) is 7.11 Å². The number of anilines is 1. The highest BCUT2D eigenvalue weighted by molar-refractivity contribution is 7.90. The van der Waals surface area contributed by atoms with Crippen molar-refractivity contribution in [3.05, 3.63) is 89.1 Å². The molecule has 0 radical (unpaired) electrons. The summed E-state index contributed by atoms with van der Waals surface area (Å²) in [6, 6.07) is 17.1. The van der Waals surface area contributed by atoms with E-state index in [1.165, 1.54) is 19.6 Å². The van der Waals surface area contributed by atoms with Gasteiger partial charge in [0.2, 0.25) is 0 Å². The molecule has 2 saturated carbocycles. The second-order valence-electron chi connectivity index (χ2n) is 12.7. The molecule has 1 heterocycles. The van der Waals surface area contributed by atoms with Crippen molar-refractivity contribution in [3.63, 3.8) is 0 Å². The Hall–Kier alpha value is -4.75. The number of nitrogens with one attached hydrogen (secondary N) is 2. The van der Waals surface area contributed by atoms with Crippen LogP contribution in [0.5, 0.6) is 5.75 Å². The molecule has 0 saturated heterocycles. The topological polar surface area (TPSA) is 116 Å². The maximum absolute atomic E-state index is 13.4. The quantitative estimate of drug-likeness (QED) is 0.190. The van der Waals surface area contributed by atoms with E-state index in [1.54, 1.807) is 36.4 Å². The predicted octanol–water partition coefficient (Wildman–Crippen LogP) is 7.32. The number of ether oxygens (including phenoxy) is 2. The smallest absolute Gasteiger partial charge is 0.411 e. The zero-order valence-corrected chi connectivity index (χ0v) is 28.2. The molecule has 0 atom stereocenters. The third kappa shape index (κ3) is 7.69. The van der Waals surface area contributed by atoms with Crippen molar-refractivity contribution in [2.45, 2.75) is 75.2 Å². The lowest BCUT2D eigenvalue weighted by atomic mass is 9.90. The van der Waals surface area contributed by atoms with Crippen molar-refractivity contribution >= 4 is 38.6 Å². The molecule has 0 aliphatic heterocycles. The third-order valence-corrected chi connectivity index (χ3v) is 10.6. The van der Waals surface area contributed by atoms with E-state index in [9.17, 15) is 18.0 Å². The lowest BCUT2D eigenvalue weighted by Gasteiger charge is -2.15. The van der Waals surface area contributed by atoms with Crippen molar-refractivity contribution in [1.29, 1.82) is 0 Å². The van der Waals surface area contributed by atoms with Gasteiger partial charge in [0.15, 0.2) is 0 Å². The summed E-state index contributed by atoms with van der Waals surface area (Å²) in [6.07, 6.45) is 11.5. The van der Waals surface area contributed by atoms with Gasteiger partial charge in [-0.15, -0.1) is 0 Å². The van der Waals surface area contributed by atoms with Crippen LogP contribution in [-0.4, -0.2) is 38.2 Å². The van der Waals surface area contributed by atoms with Gasteiger partial charge >= 0.3 is 6.09 Å². The summed E-state index contributed by atoms with van der Waals surface area (Å²) >= 11 is 0. The molecule has 2 amide bonds. The van der Waals surface area contributed by atoms with E-state index in [4.69, 9.17) is 9.47 Å². The second-order valence-corrected chi connectivity index (χ2v) is 14.3. The Morgan fingerprint density at radius 2 is 1.67 bits per heavy atom. The third-order valence-electron chi connectivity index (χ3n) is 9.24. The van der Waals surface area contributed by atoms with E-state index in [0.29, 0.717) is 23.4 Å². The molecule has 2 fully saturated rings. The summed E-state index contributed by atoms with van der Waals surface area (Å²) in [6.45, 7) is 0. The number of carbonyl (C=O) groups excluding carboxylic acids is 2. The van der Waals surface area contributed by atoms with E-state index in [0.717, 1.165) is 73.4 Å². The highest BCUT2D eigenvalue weighted by atomic mass is 32.2. The first-order valence-corrected chi connectivity index (χ1v) is 18.1. The van der Waals surface area contributed by atoms with Crippen LogP contribution in [0.1, 0.15) is 84.8 Å². The molecule has 4 aromatic rings. The van der Waals surface area contributed by atoms with Crippen LogP contribution in [0, 0.1) is 17.8 Å². The Balaban J connectivity index is 1.18. The zero-order chi connectivity index (χ0) is 33.7. The number of sulfonamides is 1. The molecule has 2 aliphatic carbocycles. The van der Waals surface area contributed by atoms with Crippen LogP contribution in [-0.2, 0) is 28.2 Å². The molecule has 2 aliphatic rings. The van der Waals surface area contributed by atoms with Crippen LogP contribution < -0.4 is 14.8 Å². The van der Waals surface area contributed by atoms with Crippen LogP contribution in [0.2, 0.25) is 0 Å². The van der Waals surface area contributed by atoms with Crippen LogP contribution in [0.25, 0.3) is 10.9 Å². The minimum atomic E-state index is -4.20. The summed E-state index contributed by atoms with van der Waals surface area (Å²) in [5, 5.41) is 3.82. The minimum absolute atomic E-state index is 0.0261. The van der Waals surface area contributed by atoms with Gasteiger partial charge in [0.1, 0.15) is 16.7 Å². The van der Waals surface area contributed by atoms with Gasteiger partial charge < -0.3 is 14.0 Å². The van der Waals surface area contributed by atoms with E-state index < -0.39 is 22.0 Å². The first kappa shape index (κ1) is 33.2. The van der Waals surface area contributed by atoms with Crippen molar-refractivity contribution in [2.75, 3.05) is 12.4 Å². The summed E-state index contributed by atoms with van der Waals surface area (Å²) < 4.78 is 42.2. The molecule has 0 unspecified atom stereocenters. The highest BCUT2D eigenvalue weighted by Gasteiger charge is 2.23. The van der Waals surface area contributed by atoms with Gasteiger partial charge in [-0.25, -0.2) is 17.9 Å². The van der Waals surface area contributed by atoms with Crippen molar-refractivity contribution in [3.8, 4) is 17.6 Å². The Bertz CT molecular complexity index is 1990. The van der Waals surface area contributed by atoms with E-state index >= 15 is 0 Å². The lowest BCUT2D eigenvalue weighted by molar-refractivity contribution is 0.0980. The fraction of sp³-hybridized carbons (Fsp3) is 0.368. The Morgan fingerprint density at radius 1 is 0.917 bits per heavy atom. The second kappa shape index (κ2) is 14.6. The van der Waals surface area contributed by atoms with E-state index in [2.05, 4.69) is 21.9 Å². The molecule has 10 heteroatoms. The number of hydrogen-bond donors (Lipinski definition) is 2. The summed E-state index contributed by atoms with van der Waals surface area (Å²) in [7, 11) is -0.725. The van der Waals surface area contributed by atoms with Crippen molar-refractivity contribution in [2.24, 2.45) is 13.0 Å². The molecule has 2 N–H and O–H groups in total. The highest BCUT2D eigenvalue weighted by Crippen LogP contribution is 2.31. The van der Waals surface area contributed by atoms with Crippen LogP contribution in [0.4, 0.5) is 10.5 Å². The molecule has 9 nitrogen and oxygen atoms in total. The van der Waals surface area contributed by atoms with Gasteiger partial charge in [-0.1, -0.05) is 49.3 Å². The molecule has 6 rings (SSSR count). The number of rotatable bonds is 8. The summed E-state index contributed by atoms with van der Waals surface area (Å²) in [4.78, 5) is 25.7. The number of methoxy groups -OCH3 is 1.